The minimum Gasteiger partial charge on any atom is -0.395 e. The number of likely N-dealkylation sites (N-methyl/N-ethyl adjacent to an activating group) is 1. The molecule has 0 aliphatic carbocycles. The summed E-state index contributed by atoms with van der Waals surface area (Å²) in [5, 5.41) is 13.1. The molecule has 1 rings (SSSR count). The van der Waals surface area contributed by atoms with Crippen molar-refractivity contribution in [1.29, 1.82) is 0 Å². The molecule has 0 fully saturated rings. The van der Waals surface area contributed by atoms with Crippen LogP contribution in [0.15, 0.2) is 17.6 Å². The van der Waals surface area contributed by atoms with E-state index in [9.17, 15) is 0 Å². The fraction of sp³-hybridized carbons (Fsp3) is 0.636. The molecular weight excluding hydrogens is 222 g/mol. The molecule has 1 aromatic rings. The number of aliphatic hydroxyl groups excluding tert-OH is 1. The molecule has 2 N–H and O–H groups in total. The van der Waals surface area contributed by atoms with Crippen molar-refractivity contribution in [3.05, 3.63) is 18.0 Å². The maximum absolute atomic E-state index is 9.09. The van der Waals surface area contributed by atoms with Crippen molar-refractivity contribution in [3.8, 4) is 0 Å². The van der Waals surface area contributed by atoms with Gasteiger partial charge >= 0.3 is 0 Å². The highest BCUT2D eigenvalue weighted by Gasteiger charge is 2.05. The molecule has 4 nitrogen and oxygen atoms in total. The second-order valence-corrected chi connectivity index (χ2v) is 4.68. The van der Waals surface area contributed by atoms with Gasteiger partial charge in [0.15, 0.2) is 5.16 Å². The van der Waals surface area contributed by atoms with E-state index in [-0.39, 0.29) is 12.6 Å². The highest BCUT2D eigenvalue weighted by atomic mass is 32.2. The van der Waals surface area contributed by atoms with Crippen LogP contribution in [0.25, 0.3) is 0 Å². The largest absolute Gasteiger partial charge is 0.395 e. The van der Waals surface area contributed by atoms with Crippen molar-refractivity contribution in [2.24, 2.45) is 0 Å². The van der Waals surface area contributed by atoms with E-state index in [2.05, 4.69) is 15.3 Å². The van der Waals surface area contributed by atoms with Gasteiger partial charge in [-0.1, -0.05) is 18.7 Å². The predicted molar refractivity (Wildman–Crippen MR) is 66.7 cm³/mol. The summed E-state index contributed by atoms with van der Waals surface area (Å²) in [7, 11) is 0. The lowest BCUT2D eigenvalue weighted by Crippen LogP contribution is -2.32. The Bertz CT molecular complexity index is 292. The summed E-state index contributed by atoms with van der Waals surface area (Å²) in [5.41, 5.74) is 1.07. The topological polar surface area (TPSA) is 58.0 Å². The highest BCUT2D eigenvalue weighted by Crippen LogP contribution is 2.13. The van der Waals surface area contributed by atoms with Gasteiger partial charge in [-0.05, 0) is 25.5 Å². The number of nitrogens with one attached hydrogen (secondary N) is 1. The summed E-state index contributed by atoms with van der Waals surface area (Å²) < 4.78 is 0. The SMILES string of the molecule is CCNC(CO)CCSc1ncc(C)cn1. The Labute approximate surface area is 101 Å². The summed E-state index contributed by atoms with van der Waals surface area (Å²) in [6, 6.07) is 0.183. The molecule has 1 atom stereocenters. The Morgan fingerprint density at radius 2 is 2.12 bits per heavy atom. The second kappa shape index (κ2) is 7.60. The van der Waals surface area contributed by atoms with E-state index in [1.165, 1.54) is 0 Å². The molecule has 0 amide bonds. The Morgan fingerprint density at radius 3 is 2.69 bits per heavy atom. The van der Waals surface area contributed by atoms with Crippen LogP contribution in [-0.2, 0) is 0 Å². The molecule has 0 aliphatic heterocycles. The number of aryl methyl sites for hydroxylation is 1. The van der Waals surface area contributed by atoms with Gasteiger partial charge in [-0.3, -0.25) is 0 Å². The van der Waals surface area contributed by atoms with Gasteiger partial charge in [0.05, 0.1) is 6.61 Å². The molecule has 1 heterocycles. The molecule has 0 radical (unpaired) electrons. The molecule has 5 heteroatoms. The van der Waals surface area contributed by atoms with Gasteiger partial charge in [0, 0.05) is 24.2 Å². The minimum absolute atomic E-state index is 0.183. The van der Waals surface area contributed by atoms with Crippen LogP contribution in [0.5, 0.6) is 0 Å². The minimum atomic E-state index is 0.183. The van der Waals surface area contributed by atoms with Crippen molar-refractivity contribution in [1.82, 2.24) is 15.3 Å². The van der Waals surface area contributed by atoms with Crippen LogP contribution < -0.4 is 5.32 Å². The normalized spacial score (nSPS) is 12.7. The van der Waals surface area contributed by atoms with E-state index < -0.39 is 0 Å². The van der Waals surface area contributed by atoms with Crippen molar-refractivity contribution >= 4 is 11.8 Å². The third kappa shape index (κ3) is 4.92. The molecule has 0 bridgehead atoms. The Hall–Kier alpha value is -0.650. The molecule has 0 saturated carbocycles. The number of rotatable bonds is 7. The van der Waals surface area contributed by atoms with Crippen LogP contribution in [0.3, 0.4) is 0 Å². The Kier molecular flexibility index (Phi) is 6.37. The second-order valence-electron chi connectivity index (χ2n) is 3.62. The third-order valence-corrected chi connectivity index (χ3v) is 3.08. The first-order chi connectivity index (χ1) is 7.76. The van der Waals surface area contributed by atoms with E-state index in [0.29, 0.717) is 0 Å². The van der Waals surface area contributed by atoms with E-state index in [1.54, 1.807) is 11.8 Å². The van der Waals surface area contributed by atoms with Crippen molar-refractivity contribution in [2.45, 2.75) is 31.5 Å². The third-order valence-electron chi connectivity index (χ3n) is 2.17. The van der Waals surface area contributed by atoms with Gasteiger partial charge in [0.1, 0.15) is 0 Å². The average molecular weight is 241 g/mol. The summed E-state index contributed by atoms with van der Waals surface area (Å²) in [5.74, 6) is 0.918. The number of aliphatic hydroxyl groups is 1. The van der Waals surface area contributed by atoms with E-state index in [0.717, 1.165) is 29.4 Å². The smallest absolute Gasteiger partial charge is 0.187 e. The van der Waals surface area contributed by atoms with Crippen LogP contribution >= 0.6 is 11.8 Å². The molecule has 0 saturated heterocycles. The summed E-state index contributed by atoms with van der Waals surface area (Å²) in [4.78, 5) is 8.43. The van der Waals surface area contributed by atoms with E-state index in [1.807, 2.05) is 26.2 Å². The zero-order valence-corrected chi connectivity index (χ0v) is 10.6. The first kappa shape index (κ1) is 13.4. The molecule has 0 aromatic carbocycles. The number of aromatic nitrogens is 2. The molecule has 0 aliphatic rings. The van der Waals surface area contributed by atoms with Crippen LogP contribution in [-0.4, -0.2) is 40.0 Å². The average Bonchev–Trinajstić information content (AvgIpc) is 2.30. The summed E-state index contributed by atoms with van der Waals surface area (Å²) >= 11 is 1.63. The lowest BCUT2D eigenvalue weighted by molar-refractivity contribution is 0.242. The number of hydrogen-bond acceptors (Lipinski definition) is 5. The molecule has 90 valence electrons. The predicted octanol–water partition coefficient (Wildman–Crippen LogP) is 1.24. The van der Waals surface area contributed by atoms with Gasteiger partial charge < -0.3 is 10.4 Å². The molecule has 16 heavy (non-hydrogen) atoms. The molecule has 1 unspecified atom stereocenters. The van der Waals surface area contributed by atoms with Gasteiger partial charge in [-0.2, -0.15) is 0 Å². The number of thioether (sulfide) groups is 1. The zero-order chi connectivity index (χ0) is 11.8. The van der Waals surface area contributed by atoms with Crippen LogP contribution in [0.4, 0.5) is 0 Å². The zero-order valence-electron chi connectivity index (χ0n) is 9.81. The van der Waals surface area contributed by atoms with Crippen LogP contribution in [0, 0.1) is 6.92 Å². The van der Waals surface area contributed by atoms with Crippen molar-refractivity contribution in [2.75, 3.05) is 18.9 Å². The first-order valence-electron chi connectivity index (χ1n) is 5.52. The van der Waals surface area contributed by atoms with Gasteiger partial charge in [0.25, 0.3) is 0 Å². The van der Waals surface area contributed by atoms with Gasteiger partial charge in [0.2, 0.25) is 0 Å². The van der Waals surface area contributed by atoms with Crippen molar-refractivity contribution in [3.63, 3.8) is 0 Å². The first-order valence-corrected chi connectivity index (χ1v) is 6.50. The van der Waals surface area contributed by atoms with Gasteiger partial charge in [-0.25, -0.2) is 9.97 Å². The molecule has 1 aromatic heterocycles. The van der Waals surface area contributed by atoms with Crippen molar-refractivity contribution < 1.29 is 5.11 Å². The Balaban J connectivity index is 2.26. The van der Waals surface area contributed by atoms with E-state index in [4.69, 9.17) is 5.11 Å². The standard InChI is InChI=1S/C11H19N3OS/c1-3-12-10(8-15)4-5-16-11-13-6-9(2)7-14-11/h6-7,10,12,15H,3-5,8H2,1-2H3. The number of nitrogens with zero attached hydrogens (tertiary/aromatic N) is 2. The monoisotopic (exact) mass is 241 g/mol. The lowest BCUT2D eigenvalue weighted by Gasteiger charge is -2.13. The van der Waals surface area contributed by atoms with E-state index >= 15 is 0 Å². The van der Waals surface area contributed by atoms with Crippen LogP contribution in [0.2, 0.25) is 0 Å². The highest BCUT2D eigenvalue weighted by molar-refractivity contribution is 7.99. The lowest BCUT2D eigenvalue weighted by atomic mass is 10.2. The maximum atomic E-state index is 9.09. The quantitative estimate of drug-likeness (QED) is 0.555. The maximum Gasteiger partial charge on any atom is 0.187 e. The fourth-order valence-corrected chi connectivity index (χ4v) is 2.13. The Morgan fingerprint density at radius 1 is 1.44 bits per heavy atom. The van der Waals surface area contributed by atoms with Crippen LogP contribution in [0.1, 0.15) is 18.9 Å². The molecule has 0 spiro atoms. The summed E-state index contributed by atoms with van der Waals surface area (Å²) in [6.07, 6.45) is 4.57. The fourth-order valence-electron chi connectivity index (χ4n) is 1.29. The van der Waals surface area contributed by atoms with Gasteiger partial charge in [-0.15, -0.1) is 0 Å². The molecular formula is C11H19N3OS. The summed E-state index contributed by atoms with van der Waals surface area (Å²) in [6.45, 7) is 5.08. The number of hydrogen-bond donors (Lipinski definition) is 2.